The van der Waals surface area contributed by atoms with E-state index < -0.39 is 0 Å². The molecular weight excluding hydrogens is 290 g/mol. The van der Waals surface area contributed by atoms with Crippen molar-refractivity contribution in [2.45, 2.75) is 49.2 Å². The van der Waals surface area contributed by atoms with E-state index in [1.165, 1.54) is 12.8 Å². The molecule has 1 aliphatic heterocycles. The second kappa shape index (κ2) is 7.94. The Morgan fingerprint density at radius 2 is 1.80 bits per heavy atom. The SMILES string of the molecule is CCC(Sc1ccc(Cl)cc1)C(=O)N1CCCCCC1. The number of rotatable bonds is 4. The first-order chi connectivity index (χ1) is 9.70. The van der Waals surface area contributed by atoms with Crippen molar-refractivity contribution < 1.29 is 4.79 Å². The molecule has 20 heavy (non-hydrogen) atoms. The third-order valence-corrected chi connectivity index (χ3v) is 5.27. The van der Waals surface area contributed by atoms with Crippen LogP contribution in [0.15, 0.2) is 29.2 Å². The summed E-state index contributed by atoms with van der Waals surface area (Å²) in [5, 5.41) is 0.760. The Labute approximate surface area is 130 Å². The van der Waals surface area contributed by atoms with Gasteiger partial charge in [-0.1, -0.05) is 31.4 Å². The lowest BCUT2D eigenvalue weighted by atomic mass is 10.2. The number of likely N-dealkylation sites (tertiary alicyclic amines) is 1. The summed E-state index contributed by atoms with van der Waals surface area (Å²) in [5.74, 6) is 0.300. The number of amides is 1. The van der Waals surface area contributed by atoms with E-state index in [2.05, 4.69) is 11.8 Å². The molecule has 1 aliphatic rings. The third kappa shape index (κ3) is 4.42. The molecular formula is C16H22ClNOS. The first-order valence-corrected chi connectivity index (χ1v) is 8.67. The van der Waals surface area contributed by atoms with Crippen molar-refractivity contribution in [3.05, 3.63) is 29.3 Å². The Kier molecular flexibility index (Phi) is 6.24. The maximum Gasteiger partial charge on any atom is 0.236 e. The van der Waals surface area contributed by atoms with Crippen LogP contribution in [0.2, 0.25) is 5.02 Å². The summed E-state index contributed by atoms with van der Waals surface area (Å²) >= 11 is 7.56. The average Bonchev–Trinajstić information content (AvgIpc) is 2.75. The van der Waals surface area contributed by atoms with Gasteiger partial charge in [0.25, 0.3) is 0 Å². The Hall–Kier alpha value is -0.670. The average molecular weight is 312 g/mol. The van der Waals surface area contributed by atoms with Crippen LogP contribution < -0.4 is 0 Å². The van der Waals surface area contributed by atoms with E-state index in [1.807, 2.05) is 24.3 Å². The van der Waals surface area contributed by atoms with Gasteiger partial charge in [-0.25, -0.2) is 0 Å². The zero-order valence-electron chi connectivity index (χ0n) is 12.0. The first kappa shape index (κ1) is 15.7. The molecule has 0 bridgehead atoms. The van der Waals surface area contributed by atoms with Crippen LogP contribution in [0.1, 0.15) is 39.0 Å². The van der Waals surface area contributed by atoms with E-state index in [-0.39, 0.29) is 5.25 Å². The van der Waals surface area contributed by atoms with E-state index in [0.29, 0.717) is 5.91 Å². The summed E-state index contributed by atoms with van der Waals surface area (Å²) in [7, 11) is 0. The van der Waals surface area contributed by atoms with Gasteiger partial charge in [0, 0.05) is 23.0 Å². The topological polar surface area (TPSA) is 20.3 Å². The van der Waals surface area contributed by atoms with E-state index in [9.17, 15) is 4.79 Å². The maximum atomic E-state index is 12.6. The van der Waals surface area contributed by atoms with Gasteiger partial charge in [0.1, 0.15) is 0 Å². The van der Waals surface area contributed by atoms with Crippen molar-refractivity contribution in [1.82, 2.24) is 4.90 Å². The Morgan fingerprint density at radius 1 is 1.20 bits per heavy atom. The van der Waals surface area contributed by atoms with Crippen molar-refractivity contribution in [2.24, 2.45) is 0 Å². The van der Waals surface area contributed by atoms with Gasteiger partial charge in [-0.3, -0.25) is 4.79 Å². The molecule has 0 aromatic heterocycles. The van der Waals surface area contributed by atoms with Crippen molar-refractivity contribution in [3.8, 4) is 0 Å². The number of carbonyl (C=O) groups is 1. The fourth-order valence-electron chi connectivity index (χ4n) is 2.48. The fraction of sp³-hybridized carbons (Fsp3) is 0.562. The molecule has 1 amide bonds. The Balaban J connectivity index is 1.99. The number of halogens is 1. The molecule has 1 unspecified atom stereocenters. The summed E-state index contributed by atoms with van der Waals surface area (Å²) in [4.78, 5) is 15.8. The molecule has 1 atom stereocenters. The zero-order chi connectivity index (χ0) is 14.4. The molecule has 0 spiro atoms. The number of thioether (sulfide) groups is 1. The fourth-order valence-corrected chi connectivity index (χ4v) is 3.64. The number of hydrogen-bond acceptors (Lipinski definition) is 2. The summed E-state index contributed by atoms with van der Waals surface area (Å²) in [5.41, 5.74) is 0. The first-order valence-electron chi connectivity index (χ1n) is 7.41. The van der Waals surface area contributed by atoms with Crippen molar-refractivity contribution in [1.29, 1.82) is 0 Å². The van der Waals surface area contributed by atoms with Crippen LogP contribution in [0.25, 0.3) is 0 Å². The van der Waals surface area contributed by atoms with Gasteiger partial charge in [-0.2, -0.15) is 0 Å². The summed E-state index contributed by atoms with van der Waals surface area (Å²) in [6, 6.07) is 7.75. The van der Waals surface area contributed by atoms with Crippen LogP contribution in [0.4, 0.5) is 0 Å². The van der Waals surface area contributed by atoms with Crippen LogP contribution in [-0.4, -0.2) is 29.1 Å². The van der Waals surface area contributed by atoms with Gasteiger partial charge in [-0.15, -0.1) is 11.8 Å². The minimum Gasteiger partial charge on any atom is -0.342 e. The predicted octanol–water partition coefficient (Wildman–Crippen LogP) is 4.61. The molecule has 2 nitrogen and oxygen atoms in total. The molecule has 0 N–H and O–H groups in total. The minimum atomic E-state index is 0.0225. The van der Waals surface area contributed by atoms with Crippen LogP contribution in [0.3, 0.4) is 0 Å². The Morgan fingerprint density at radius 3 is 2.35 bits per heavy atom. The van der Waals surface area contributed by atoms with Crippen molar-refractivity contribution in [2.75, 3.05) is 13.1 Å². The molecule has 0 radical (unpaired) electrons. The lowest BCUT2D eigenvalue weighted by Gasteiger charge is -2.25. The number of carbonyl (C=O) groups excluding carboxylic acids is 1. The molecule has 1 fully saturated rings. The molecule has 1 saturated heterocycles. The smallest absolute Gasteiger partial charge is 0.236 e. The van der Waals surface area contributed by atoms with Crippen LogP contribution in [0.5, 0.6) is 0 Å². The van der Waals surface area contributed by atoms with Gasteiger partial charge in [0.05, 0.1) is 5.25 Å². The van der Waals surface area contributed by atoms with Gasteiger partial charge in [0.15, 0.2) is 0 Å². The van der Waals surface area contributed by atoms with Gasteiger partial charge in [-0.05, 0) is 43.5 Å². The molecule has 0 saturated carbocycles. The quantitative estimate of drug-likeness (QED) is 0.757. The molecule has 1 heterocycles. The van der Waals surface area contributed by atoms with Crippen molar-refractivity contribution in [3.63, 3.8) is 0 Å². The second-order valence-electron chi connectivity index (χ2n) is 5.21. The monoisotopic (exact) mass is 311 g/mol. The minimum absolute atomic E-state index is 0.0225. The lowest BCUT2D eigenvalue weighted by molar-refractivity contribution is -0.130. The molecule has 110 valence electrons. The van der Waals surface area contributed by atoms with E-state index in [0.717, 1.165) is 42.3 Å². The summed E-state index contributed by atoms with van der Waals surface area (Å²) < 4.78 is 0. The number of nitrogens with zero attached hydrogens (tertiary/aromatic N) is 1. The highest BCUT2D eigenvalue weighted by Crippen LogP contribution is 2.28. The summed E-state index contributed by atoms with van der Waals surface area (Å²) in [6.07, 6.45) is 5.67. The van der Waals surface area contributed by atoms with Crippen LogP contribution >= 0.6 is 23.4 Å². The zero-order valence-corrected chi connectivity index (χ0v) is 13.6. The normalized spacial score (nSPS) is 17.6. The highest BCUT2D eigenvalue weighted by Gasteiger charge is 2.24. The molecule has 1 aromatic carbocycles. The van der Waals surface area contributed by atoms with Gasteiger partial charge in [0.2, 0.25) is 5.91 Å². The van der Waals surface area contributed by atoms with E-state index in [1.54, 1.807) is 11.8 Å². The van der Waals surface area contributed by atoms with Crippen LogP contribution in [0, 0.1) is 0 Å². The number of benzene rings is 1. The standard InChI is InChI=1S/C16H22ClNOS/c1-2-15(20-14-9-7-13(17)8-10-14)16(19)18-11-5-3-4-6-12-18/h7-10,15H,2-6,11-12H2,1H3. The largest absolute Gasteiger partial charge is 0.342 e. The van der Waals surface area contributed by atoms with E-state index in [4.69, 9.17) is 11.6 Å². The molecule has 4 heteroatoms. The highest BCUT2D eigenvalue weighted by molar-refractivity contribution is 8.00. The van der Waals surface area contributed by atoms with Crippen molar-refractivity contribution >= 4 is 29.3 Å². The predicted molar refractivity (Wildman–Crippen MR) is 86.4 cm³/mol. The number of hydrogen-bond donors (Lipinski definition) is 0. The summed E-state index contributed by atoms with van der Waals surface area (Å²) in [6.45, 7) is 3.94. The van der Waals surface area contributed by atoms with Crippen LogP contribution in [-0.2, 0) is 4.79 Å². The highest BCUT2D eigenvalue weighted by atomic mass is 35.5. The van der Waals surface area contributed by atoms with E-state index >= 15 is 0 Å². The maximum absolute atomic E-state index is 12.6. The Bertz CT molecular complexity index is 427. The third-order valence-electron chi connectivity index (χ3n) is 3.66. The molecule has 1 aromatic rings. The molecule has 2 rings (SSSR count). The second-order valence-corrected chi connectivity index (χ2v) is 6.92. The van der Waals surface area contributed by atoms with Gasteiger partial charge >= 0.3 is 0 Å². The molecule has 0 aliphatic carbocycles. The van der Waals surface area contributed by atoms with Gasteiger partial charge < -0.3 is 4.90 Å². The lowest BCUT2D eigenvalue weighted by Crippen LogP contribution is -2.38.